The highest BCUT2D eigenvalue weighted by Gasteiger charge is 2.15. The number of aromatic nitrogens is 2. The first-order valence-corrected chi connectivity index (χ1v) is 7.21. The van der Waals surface area contributed by atoms with Gasteiger partial charge in [-0.1, -0.05) is 20.8 Å². The average molecular weight is 269 g/mol. The number of nitrogens with zero attached hydrogens (tertiary/aromatic N) is 2. The lowest BCUT2D eigenvalue weighted by molar-refractivity contribution is 0.289. The van der Waals surface area contributed by atoms with E-state index in [-0.39, 0.29) is 6.61 Å². The molecule has 0 spiro atoms. The molecule has 0 aromatic carbocycles. The quantitative estimate of drug-likeness (QED) is 0.614. The number of rotatable bonds is 6. The lowest BCUT2D eigenvalue weighted by Gasteiger charge is -2.15. The number of hydrogen-bond acceptors (Lipinski definition) is 5. The van der Waals surface area contributed by atoms with Gasteiger partial charge in [-0.3, -0.25) is 0 Å². The summed E-state index contributed by atoms with van der Waals surface area (Å²) in [7, 11) is 1.88. The summed E-state index contributed by atoms with van der Waals surface area (Å²) in [6.07, 6.45) is 0.778. The average Bonchev–Trinajstić information content (AvgIpc) is 2.31. The first-order valence-electron chi connectivity index (χ1n) is 6.33. The molecule has 0 fully saturated rings. The summed E-state index contributed by atoms with van der Waals surface area (Å²) >= 11 is 1.70. The fourth-order valence-electron chi connectivity index (χ4n) is 1.56. The van der Waals surface area contributed by atoms with Gasteiger partial charge in [0.15, 0.2) is 0 Å². The number of aliphatic hydroxyl groups is 1. The molecule has 0 bridgehead atoms. The molecule has 5 heteroatoms. The van der Waals surface area contributed by atoms with Crippen molar-refractivity contribution in [2.75, 3.05) is 19.0 Å². The van der Waals surface area contributed by atoms with Gasteiger partial charge >= 0.3 is 0 Å². The van der Waals surface area contributed by atoms with Crippen LogP contribution in [0.25, 0.3) is 0 Å². The van der Waals surface area contributed by atoms with Crippen LogP contribution < -0.4 is 5.32 Å². The van der Waals surface area contributed by atoms with Crippen molar-refractivity contribution >= 4 is 17.6 Å². The summed E-state index contributed by atoms with van der Waals surface area (Å²) in [5.41, 5.74) is 1.08. The molecule has 4 nitrogen and oxygen atoms in total. The Morgan fingerprint density at radius 2 is 1.94 bits per heavy atom. The molecule has 0 amide bonds. The Kier molecular flexibility index (Phi) is 5.88. The lowest BCUT2D eigenvalue weighted by atomic mass is 10.2. The molecule has 1 aromatic heterocycles. The third kappa shape index (κ3) is 3.85. The van der Waals surface area contributed by atoms with Gasteiger partial charge in [-0.15, -0.1) is 11.8 Å². The number of aliphatic hydroxyl groups excluding tert-OH is 1. The van der Waals surface area contributed by atoms with Crippen LogP contribution >= 0.6 is 11.8 Å². The third-order valence-corrected chi connectivity index (χ3v) is 3.98. The molecule has 1 rings (SSSR count). The minimum Gasteiger partial charge on any atom is -0.396 e. The van der Waals surface area contributed by atoms with Gasteiger partial charge in [-0.05, 0) is 13.3 Å². The van der Waals surface area contributed by atoms with Gasteiger partial charge in [0.25, 0.3) is 0 Å². The summed E-state index contributed by atoms with van der Waals surface area (Å²) < 4.78 is 0. The van der Waals surface area contributed by atoms with E-state index in [1.165, 1.54) is 0 Å². The molecule has 0 saturated carbocycles. The normalized spacial score (nSPS) is 12.8. The zero-order valence-corrected chi connectivity index (χ0v) is 12.6. The van der Waals surface area contributed by atoms with E-state index in [0.717, 1.165) is 28.7 Å². The van der Waals surface area contributed by atoms with Gasteiger partial charge in [-0.25, -0.2) is 9.97 Å². The predicted molar refractivity (Wildman–Crippen MR) is 77.4 cm³/mol. The minimum atomic E-state index is 0.216. The van der Waals surface area contributed by atoms with Crippen LogP contribution in [0.5, 0.6) is 0 Å². The van der Waals surface area contributed by atoms with Crippen LogP contribution in [0.15, 0.2) is 5.03 Å². The minimum absolute atomic E-state index is 0.216. The largest absolute Gasteiger partial charge is 0.396 e. The Labute approximate surface area is 114 Å². The van der Waals surface area contributed by atoms with Crippen molar-refractivity contribution in [3.8, 4) is 0 Å². The fraction of sp³-hybridized carbons (Fsp3) is 0.692. The molecule has 0 aliphatic heterocycles. The Morgan fingerprint density at radius 3 is 2.44 bits per heavy atom. The van der Waals surface area contributed by atoms with Crippen LogP contribution in [0.2, 0.25) is 0 Å². The molecular weight excluding hydrogens is 246 g/mol. The van der Waals surface area contributed by atoms with Crippen molar-refractivity contribution in [3.05, 3.63) is 11.4 Å². The van der Waals surface area contributed by atoms with Crippen LogP contribution in [0.1, 0.15) is 44.5 Å². The second kappa shape index (κ2) is 6.95. The number of hydrogen-bond donors (Lipinski definition) is 2. The number of nitrogens with one attached hydrogen (secondary N) is 1. The van der Waals surface area contributed by atoms with E-state index in [9.17, 15) is 0 Å². The van der Waals surface area contributed by atoms with E-state index >= 15 is 0 Å². The molecule has 1 atom stereocenters. The molecule has 102 valence electrons. The SMILES string of the molecule is CNc1nc(C(C)C)nc(SC(C)CCO)c1C. The van der Waals surface area contributed by atoms with E-state index in [2.05, 4.69) is 36.1 Å². The van der Waals surface area contributed by atoms with Gasteiger partial charge < -0.3 is 10.4 Å². The van der Waals surface area contributed by atoms with Crippen LogP contribution in [0, 0.1) is 6.92 Å². The van der Waals surface area contributed by atoms with E-state index in [4.69, 9.17) is 5.11 Å². The second-order valence-corrected chi connectivity index (χ2v) is 6.13. The van der Waals surface area contributed by atoms with E-state index in [1.54, 1.807) is 11.8 Å². The standard InChI is InChI=1S/C13H23N3OS/c1-8(2)11-15-12(14-5)10(4)13(16-11)18-9(3)6-7-17/h8-9,17H,6-7H2,1-5H3,(H,14,15,16). The van der Waals surface area contributed by atoms with Crippen molar-refractivity contribution in [2.24, 2.45) is 0 Å². The van der Waals surface area contributed by atoms with Crippen molar-refractivity contribution in [1.82, 2.24) is 9.97 Å². The van der Waals surface area contributed by atoms with Crippen LogP contribution in [-0.2, 0) is 0 Å². The smallest absolute Gasteiger partial charge is 0.134 e. The number of anilines is 1. The molecule has 0 aliphatic carbocycles. The molecule has 0 radical (unpaired) electrons. The Bertz CT molecular complexity index is 396. The van der Waals surface area contributed by atoms with Crippen molar-refractivity contribution < 1.29 is 5.11 Å². The van der Waals surface area contributed by atoms with Gasteiger partial charge in [0.05, 0.1) is 0 Å². The lowest BCUT2D eigenvalue weighted by Crippen LogP contribution is -2.08. The molecular formula is C13H23N3OS. The third-order valence-electron chi connectivity index (χ3n) is 2.72. The topological polar surface area (TPSA) is 58.0 Å². The van der Waals surface area contributed by atoms with E-state index in [0.29, 0.717) is 11.2 Å². The first kappa shape index (κ1) is 15.2. The summed E-state index contributed by atoms with van der Waals surface area (Å²) in [5, 5.41) is 13.5. The molecule has 18 heavy (non-hydrogen) atoms. The van der Waals surface area contributed by atoms with Gasteiger partial charge in [-0.2, -0.15) is 0 Å². The van der Waals surface area contributed by atoms with E-state index in [1.807, 2.05) is 14.0 Å². The molecule has 1 heterocycles. The molecule has 1 aromatic rings. The zero-order chi connectivity index (χ0) is 13.7. The summed E-state index contributed by atoms with van der Waals surface area (Å²) in [6, 6.07) is 0. The van der Waals surface area contributed by atoms with Crippen LogP contribution in [0.4, 0.5) is 5.82 Å². The second-order valence-electron chi connectivity index (χ2n) is 4.71. The van der Waals surface area contributed by atoms with Crippen molar-refractivity contribution in [2.45, 2.75) is 50.3 Å². The Hall–Kier alpha value is -0.810. The Morgan fingerprint density at radius 1 is 1.28 bits per heavy atom. The predicted octanol–water partition coefficient (Wildman–Crippen LogP) is 2.81. The molecule has 0 aliphatic rings. The van der Waals surface area contributed by atoms with Crippen LogP contribution in [0.3, 0.4) is 0 Å². The van der Waals surface area contributed by atoms with Gasteiger partial charge in [0, 0.05) is 30.4 Å². The molecule has 0 saturated heterocycles. The summed E-state index contributed by atoms with van der Waals surface area (Å²) in [6.45, 7) is 8.54. The highest BCUT2D eigenvalue weighted by molar-refractivity contribution is 7.99. The van der Waals surface area contributed by atoms with Crippen LogP contribution in [-0.4, -0.2) is 34.0 Å². The zero-order valence-electron chi connectivity index (χ0n) is 11.8. The molecule has 1 unspecified atom stereocenters. The highest BCUT2D eigenvalue weighted by Crippen LogP contribution is 2.30. The maximum Gasteiger partial charge on any atom is 0.134 e. The maximum atomic E-state index is 8.97. The van der Waals surface area contributed by atoms with Gasteiger partial charge in [0.2, 0.25) is 0 Å². The van der Waals surface area contributed by atoms with Crippen molar-refractivity contribution in [1.29, 1.82) is 0 Å². The molecule has 2 N–H and O–H groups in total. The van der Waals surface area contributed by atoms with E-state index < -0.39 is 0 Å². The summed E-state index contributed by atoms with van der Waals surface area (Å²) in [4.78, 5) is 9.15. The number of thioether (sulfide) groups is 1. The Balaban J connectivity index is 3.04. The highest BCUT2D eigenvalue weighted by atomic mass is 32.2. The maximum absolute atomic E-state index is 8.97. The monoisotopic (exact) mass is 269 g/mol. The fourth-order valence-corrected chi connectivity index (χ4v) is 2.58. The van der Waals surface area contributed by atoms with Crippen molar-refractivity contribution in [3.63, 3.8) is 0 Å². The first-order chi connectivity index (χ1) is 8.49. The summed E-state index contributed by atoms with van der Waals surface area (Å²) in [5.74, 6) is 2.07. The van der Waals surface area contributed by atoms with Gasteiger partial charge in [0.1, 0.15) is 16.7 Å².